The zero-order chi connectivity index (χ0) is 14.2. The molecule has 7 heteroatoms. The van der Waals surface area contributed by atoms with Gasteiger partial charge in [-0.25, -0.2) is 4.98 Å². The Balaban J connectivity index is 2.44. The van der Waals surface area contributed by atoms with Crippen LogP contribution < -0.4 is 11.1 Å². The van der Waals surface area contributed by atoms with Gasteiger partial charge in [0, 0.05) is 18.2 Å². The minimum Gasteiger partial charge on any atom is -0.378 e. The van der Waals surface area contributed by atoms with Gasteiger partial charge in [0.1, 0.15) is 5.69 Å². The van der Waals surface area contributed by atoms with Crippen molar-refractivity contribution in [3.63, 3.8) is 0 Å². The second-order valence-electron chi connectivity index (χ2n) is 5.17. The van der Waals surface area contributed by atoms with Crippen molar-refractivity contribution in [2.24, 2.45) is 5.73 Å². The van der Waals surface area contributed by atoms with E-state index in [1.54, 1.807) is 12.1 Å². The minimum absolute atomic E-state index is 0.0559. The van der Waals surface area contributed by atoms with E-state index in [-0.39, 0.29) is 10.6 Å². The highest BCUT2D eigenvalue weighted by atomic mass is 32.1. The summed E-state index contributed by atoms with van der Waals surface area (Å²) in [5.41, 5.74) is 6.72. The Hall–Kier alpha value is -1.73. The van der Waals surface area contributed by atoms with Crippen LogP contribution >= 0.6 is 11.3 Å². The van der Waals surface area contributed by atoms with E-state index in [2.05, 4.69) is 10.3 Å². The van der Waals surface area contributed by atoms with Crippen molar-refractivity contribution in [1.29, 1.82) is 0 Å². The largest absolute Gasteiger partial charge is 0.378 e. The third-order valence-corrected chi connectivity index (χ3v) is 3.48. The van der Waals surface area contributed by atoms with Gasteiger partial charge in [0.2, 0.25) is 0 Å². The number of nitrogens with zero attached hydrogens (tertiary/aromatic N) is 2. The van der Waals surface area contributed by atoms with E-state index in [4.69, 9.17) is 5.73 Å². The highest BCUT2D eigenvalue weighted by Crippen LogP contribution is 2.33. The number of nitrogens with one attached hydrogen (secondary N) is 1. The zero-order valence-electron chi connectivity index (χ0n) is 11.1. The Bertz CT molecular complexity index is 630. The van der Waals surface area contributed by atoms with Gasteiger partial charge in [-0.05, 0) is 26.8 Å². The third kappa shape index (κ3) is 3.18. The van der Waals surface area contributed by atoms with Gasteiger partial charge in [-0.2, -0.15) is 0 Å². The van der Waals surface area contributed by atoms with Crippen LogP contribution in [0.2, 0.25) is 0 Å². The zero-order valence-corrected chi connectivity index (χ0v) is 11.9. The Morgan fingerprint density at radius 1 is 1.53 bits per heavy atom. The number of benzene rings is 1. The summed E-state index contributed by atoms with van der Waals surface area (Å²) in [5.74, 6) is 0. The maximum Gasteiger partial charge on any atom is 0.293 e. The van der Waals surface area contributed by atoms with Crippen molar-refractivity contribution in [2.45, 2.75) is 26.3 Å². The molecular weight excluding hydrogens is 264 g/mol. The molecule has 0 amide bonds. The highest BCUT2D eigenvalue weighted by molar-refractivity contribution is 7.18. The molecule has 0 fully saturated rings. The summed E-state index contributed by atoms with van der Waals surface area (Å²) in [5, 5.41) is 15.0. The summed E-state index contributed by atoms with van der Waals surface area (Å²) in [6, 6.07) is 3.27. The van der Waals surface area contributed by atoms with Crippen LogP contribution in [-0.2, 0) is 0 Å². The Morgan fingerprint density at radius 2 is 2.21 bits per heavy atom. The average molecular weight is 280 g/mol. The van der Waals surface area contributed by atoms with Gasteiger partial charge in [0.15, 0.2) is 0 Å². The first-order valence-corrected chi connectivity index (χ1v) is 6.66. The molecule has 1 aromatic carbocycles. The summed E-state index contributed by atoms with van der Waals surface area (Å²) in [6.07, 6.45) is 0. The van der Waals surface area contributed by atoms with Crippen LogP contribution in [0, 0.1) is 17.0 Å². The van der Waals surface area contributed by atoms with E-state index in [1.165, 1.54) is 11.3 Å². The number of aryl methyl sites for hydroxylation is 1. The summed E-state index contributed by atoms with van der Waals surface area (Å²) in [4.78, 5) is 15.1. The highest BCUT2D eigenvalue weighted by Gasteiger charge is 2.19. The van der Waals surface area contributed by atoms with Crippen LogP contribution in [0.5, 0.6) is 0 Å². The van der Waals surface area contributed by atoms with Gasteiger partial charge in [0.25, 0.3) is 5.69 Å². The molecule has 0 radical (unpaired) electrons. The molecule has 2 aromatic rings. The summed E-state index contributed by atoms with van der Waals surface area (Å²) < 4.78 is 0.821. The summed E-state index contributed by atoms with van der Waals surface area (Å²) in [7, 11) is 0. The molecule has 0 saturated heterocycles. The van der Waals surface area contributed by atoms with Gasteiger partial charge < -0.3 is 11.1 Å². The lowest BCUT2D eigenvalue weighted by atomic mass is 10.1. The Morgan fingerprint density at radius 3 is 2.79 bits per heavy atom. The third-order valence-electron chi connectivity index (χ3n) is 2.54. The van der Waals surface area contributed by atoms with Crippen LogP contribution in [0.15, 0.2) is 12.1 Å². The van der Waals surface area contributed by atoms with Gasteiger partial charge >= 0.3 is 0 Å². The maximum absolute atomic E-state index is 11.1. The molecule has 0 bridgehead atoms. The lowest BCUT2D eigenvalue weighted by Gasteiger charge is -2.19. The van der Waals surface area contributed by atoms with Crippen molar-refractivity contribution in [3.05, 3.63) is 27.3 Å². The van der Waals surface area contributed by atoms with Crippen molar-refractivity contribution >= 4 is 32.9 Å². The van der Waals surface area contributed by atoms with Crippen molar-refractivity contribution < 1.29 is 4.92 Å². The first kappa shape index (κ1) is 13.7. The quantitative estimate of drug-likeness (QED) is 0.663. The normalized spacial score (nSPS) is 11.8. The number of aromatic nitrogens is 1. The molecular formula is C12H16N4O2S. The van der Waals surface area contributed by atoms with Crippen LogP contribution in [0.3, 0.4) is 0 Å². The average Bonchev–Trinajstić information content (AvgIpc) is 2.62. The van der Waals surface area contributed by atoms with Gasteiger partial charge in [0.05, 0.1) is 20.1 Å². The fraction of sp³-hybridized carbons (Fsp3) is 0.417. The summed E-state index contributed by atoms with van der Waals surface area (Å²) in [6.45, 7) is 6.05. The molecule has 1 heterocycles. The van der Waals surface area contributed by atoms with Crippen LogP contribution in [0.1, 0.15) is 18.9 Å². The first-order valence-electron chi connectivity index (χ1n) is 5.84. The van der Waals surface area contributed by atoms with Gasteiger partial charge in [-0.3, -0.25) is 10.1 Å². The van der Waals surface area contributed by atoms with Crippen molar-refractivity contribution in [1.82, 2.24) is 4.98 Å². The van der Waals surface area contributed by atoms with E-state index in [0.717, 1.165) is 15.2 Å². The van der Waals surface area contributed by atoms with Crippen LogP contribution in [-0.4, -0.2) is 22.0 Å². The molecule has 0 aliphatic carbocycles. The molecule has 0 aliphatic heterocycles. The number of hydrogen-bond donors (Lipinski definition) is 2. The number of anilines is 1. The second kappa shape index (κ2) is 4.75. The second-order valence-corrected chi connectivity index (χ2v) is 6.40. The molecule has 0 atom stereocenters. The molecule has 1 aromatic heterocycles. The fourth-order valence-corrected chi connectivity index (χ4v) is 2.54. The molecule has 0 aliphatic rings. The number of nitro groups is 1. The predicted octanol–water partition coefficient (Wildman–Crippen LogP) is 2.66. The van der Waals surface area contributed by atoms with E-state index < -0.39 is 5.54 Å². The molecule has 3 N–H and O–H groups in total. The fourth-order valence-electron chi connectivity index (χ4n) is 1.69. The topological polar surface area (TPSA) is 94.1 Å². The number of rotatable bonds is 4. The van der Waals surface area contributed by atoms with Crippen molar-refractivity contribution in [2.75, 3.05) is 11.9 Å². The monoisotopic (exact) mass is 280 g/mol. The maximum atomic E-state index is 11.1. The number of nitro benzene ring substituents is 1. The lowest BCUT2D eigenvalue weighted by molar-refractivity contribution is -0.383. The molecule has 0 saturated carbocycles. The van der Waals surface area contributed by atoms with E-state index >= 15 is 0 Å². The molecule has 0 unspecified atom stereocenters. The molecule has 2 rings (SSSR count). The SMILES string of the molecule is Cc1nc2cc(NCC(C)(C)N)c([N+](=O)[O-])cc2s1. The molecule has 6 nitrogen and oxygen atoms in total. The van der Waals surface area contributed by atoms with Crippen LogP contribution in [0.25, 0.3) is 10.2 Å². The number of thiazole rings is 1. The Labute approximate surface area is 114 Å². The van der Waals surface area contributed by atoms with E-state index in [0.29, 0.717) is 12.2 Å². The standard InChI is InChI=1S/C12H16N4O2S/c1-7-15-9-4-8(14-6-12(2,3)13)10(16(17)18)5-11(9)19-7/h4-5,14H,6,13H2,1-3H3. The Kier molecular flexibility index (Phi) is 3.42. The van der Waals surface area contributed by atoms with Gasteiger partial charge in [-0.15, -0.1) is 11.3 Å². The number of hydrogen-bond acceptors (Lipinski definition) is 6. The number of fused-ring (bicyclic) bond motifs is 1. The van der Waals surface area contributed by atoms with E-state index in [9.17, 15) is 10.1 Å². The number of nitrogens with two attached hydrogens (primary N) is 1. The molecule has 19 heavy (non-hydrogen) atoms. The summed E-state index contributed by atoms with van der Waals surface area (Å²) >= 11 is 1.45. The van der Waals surface area contributed by atoms with Crippen molar-refractivity contribution in [3.8, 4) is 0 Å². The first-order chi connectivity index (χ1) is 8.76. The molecule has 102 valence electrons. The molecule has 0 spiro atoms. The van der Waals surface area contributed by atoms with E-state index in [1.807, 2.05) is 20.8 Å². The van der Waals surface area contributed by atoms with Gasteiger partial charge in [-0.1, -0.05) is 0 Å². The smallest absolute Gasteiger partial charge is 0.293 e. The minimum atomic E-state index is -0.444. The van der Waals surface area contributed by atoms with Crippen LogP contribution in [0.4, 0.5) is 11.4 Å². The lowest BCUT2D eigenvalue weighted by Crippen LogP contribution is -2.39. The predicted molar refractivity (Wildman–Crippen MR) is 77.8 cm³/mol.